The number of rotatable bonds is 5. The highest BCUT2D eigenvalue weighted by Crippen LogP contribution is 2.17. The quantitative estimate of drug-likeness (QED) is 0.664. The van der Waals surface area contributed by atoms with E-state index in [9.17, 15) is 14.9 Å². The van der Waals surface area contributed by atoms with Crippen molar-refractivity contribution in [1.29, 1.82) is 0 Å². The van der Waals surface area contributed by atoms with Gasteiger partial charge in [0.25, 0.3) is 5.69 Å². The molecule has 1 aromatic carbocycles. The number of benzene rings is 1. The predicted molar refractivity (Wildman–Crippen MR) is 75.4 cm³/mol. The fraction of sp³-hybridized carbons (Fsp3) is 0.214. The molecule has 0 aliphatic carbocycles. The van der Waals surface area contributed by atoms with Crippen LogP contribution in [0.5, 0.6) is 0 Å². The Kier molecular flexibility index (Phi) is 4.55. The minimum absolute atomic E-state index is 0.0405. The molecule has 108 valence electrons. The Balaban J connectivity index is 1.98. The zero-order valence-corrected chi connectivity index (χ0v) is 11.4. The second kappa shape index (κ2) is 6.56. The number of nitro benzene ring substituents is 1. The van der Waals surface area contributed by atoms with Crippen molar-refractivity contribution in [2.75, 3.05) is 0 Å². The summed E-state index contributed by atoms with van der Waals surface area (Å²) >= 11 is 0. The normalized spacial score (nSPS) is 10.1. The second-order valence-corrected chi connectivity index (χ2v) is 4.43. The SMILES string of the molecule is Cc1nccc(CNC(=O)Cc2ccccc2[N+](=O)[O-])n1. The summed E-state index contributed by atoms with van der Waals surface area (Å²) in [6.45, 7) is 2.03. The van der Waals surface area contributed by atoms with Gasteiger partial charge in [0.1, 0.15) is 5.82 Å². The average molecular weight is 286 g/mol. The molecular weight excluding hydrogens is 272 g/mol. The second-order valence-electron chi connectivity index (χ2n) is 4.43. The van der Waals surface area contributed by atoms with Gasteiger partial charge in [0.2, 0.25) is 5.91 Å². The van der Waals surface area contributed by atoms with Gasteiger partial charge in [-0.1, -0.05) is 18.2 Å². The smallest absolute Gasteiger partial charge is 0.273 e. The van der Waals surface area contributed by atoms with Crippen LogP contribution in [0.2, 0.25) is 0 Å². The summed E-state index contributed by atoms with van der Waals surface area (Å²) in [6, 6.07) is 7.91. The zero-order valence-electron chi connectivity index (χ0n) is 11.4. The van der Waals surface area contributed by atoms with Crippen LogP contribution >= 0.6 is 0 Å². The van der Waals surface area contributed by atoms with Gasteiger partial charge in [0.15, 0.2) is 0 Å². The van der Waals surface area contributed by atoms with Crippen molar-refractivity contribution in [2.24, 2.45) is 0 Å². The molecule has 1 N–H and O–H groups in total. The molecule has 2 aromatic rings. The maximum Gasteiger partial charge on any atom is 0.273 e. The molecular formula is C14H14N4O3. The van der Waals surface area contributed by atoms with Crippen molar-refractivity contribution in [3.63, 3.8) is 0 Å². The molecule has 0 unspecified atom stereocenters. The molecule has 1 aromatic heterocycles. The Bertz CT molecular complexity index is 673. The standard InChI is InChI=1S/C14H14N4O3/c1-10-15-7-6-12(17-10)9-16-14(19)8-11-4-2-3-5-13(11)18(20)21/h2-7H,8-9H2,1H3,(H,16,19). The minimum Gasteiger partial charge on any atom is -0.350 e. The van der Waals surface area contributed by atoms with E-state index in [2.05, 4.69) is 15.3 Å². The Morgan fingerprint density at radius 3 is 2.81 bits per heavy atom. The van der Waals surface area contributed by atoms with E-state index >= 15 is 0 Å². The first-order valence-corrected chi connectivity index (χ1v) is 6.34. The molecule has 0 saturated carbocycles. The monoisotopic (exact) mass is 286 g/mol. The molecule has 7 nitrogen and oxygen atoms in total. The lowest BCUT2D eigenvalue weighted by molar-refractivity contribution is -0.385. The van der Waals surface area contributed by atoms with Crippen LogP contribution in [0.15, 0.2) is 36.5 Å². The highest BCUT2D eigenvalue weighted by Gasteiger charge is 2.15. The van der Waals surface area contributed by atoms with Crippen LogP contribution in [0.4, 0.5) is 5.69 Å². The van der Waals surface area contributed by atoms with Gasteiger partial charge in [-0.25, -0.2) is 9.97 Å². The van der Waals surface area contributed by atoms with Crippen molar-refractivity contribution < 1.29 is 9.72 Å². The fourth-order valence-electron chi connectivity index (χ4n) is 1.87. The van der Waals surface area contributed by atoms with Gasteiger partial charge in [-0.2, -0.15) is 0 Å². The first kappa shape index (κ1) is 14.6. The first-order valence-electron chi connectivity index (χ1n) is 6.34. The highest BCUT2D eigenvalue weighted by atomic mass is 16.6. The molecule has 0 aliphatic heterocycles. The molecule has 0 radical (unpaired) electrons. The van der Waals surface area contributed by atoms with Crippen LogP contribution in [-0.2, 0) is 17.8 Å². The molecule has 21 heavy (non-hydrogen) atoms. The van der Waals surface area contributed by atoms with Gasteiger partial charge in [-0.15, -0.1) is 0 Å². The highest BCUT2D eigenvalue weighted by molar-refractivity contribution is 5.79. The summed E-state index contributed by atoms with van der Waals surface area (Å²) in [4.78, 5) is 30.4. The molecule has 0 spiro atoms. The summed E-state index contributed by atoms with van der Waals surface area (Å²) in [7, 11) is 0. The number of amides is 1. The Hall–Kier alpha value is -2.83. The van der Waals surface area contributed by atoms with Crippen LogP contribution < -0.4 is 5.32 Å². The number of hydrogen-bond donors (Lipinski definition) is 1. The molecule has 0 saturated heterocycles. The maximum absolute atomic E-state index is 11.9. The molecule has 0 atom stereocenters. The van der Waals surface area contributed by atoms with Crippen molar-refractivity contribution in [2.45, 2.75) is 19.9 Å². The van der Waals surface area contributed by atoms with E-state index in [1.165, 1.54) is 6.07 Å². The van der Waals surface area contributed by atoms with Crippen LogP contribution in [0.25, 0.3) is 0 Å². The number of nitrogens with one attached hydrogen (secondary N) is 1. The molecule has 0 fully saturated rings. The average Bonchev–Trinajstić information content (AvgIpc) is 2.45. The van der Waals surface area contributed by atoms with Gasteiger partial charge >= 0.3 is 0 Å². The molecule has 1 heterocycles. The molecule has 7 heteroatoms. The van der Waals surface area contributed by atoms with Crippen LogP contribution in [0.1, 0.15) is 17.1 Å². The van der Waals surface area contributed by atoms with E-state index in [0.717, 1.165) is 0 Å². The third-order valence-corrected chi connectivity index (χ3v) is 2.84. The lowest BCUT2D eigenvalue weighted by Crippen LogP contribution is -2.25. The number of nitrogens with zero attached hydrogens (tertiary/aromatic N) is 3. The topological polar surface area (TPSA) is 98.0 Å². The minimum atomic E-state index is -0.490. The van der Waals surface area contributed by atoms with E-state index < -0.39 is 4.92 Å². The predicted octanol–water partition coefficient (Wildman–Crippen LogP) is 1.55. The van der Waals surface area contributed by atoms with Crippen molar-refractivity contribution >= 4 is 11.6 Å². The van der Waals surface area contributed by atoms with Crippen molar-refractivity contribution in [1.82, 2.24) is 15.3 Å². The maximum atomic E-state index is 11.9. The van der Waals surface area contributed by atoms with Gasteiger partial charge in [0, 0.05) is 17.8 Å². The number of aryl methyl sites for hydroxylation is 1. The molecule has 0 aliphatic rings. The number of carbonyl (C=O) groups is 1. The summed E-state index contributed by atoms with van der Waals surface area (Å²) < 4.78 is 0. The van der Waals surface area contributed by atoms with Gasteiger partial charge < -0.3 is 5.32 Å². The Morgan fingerprint density at radius 1 is 1.33 bits per heavy atom. The lowest BCUT2D eigenvalue weighted by atomic mass is 10.1. The summed E-state index contributed by atoms with van der Waals surface area (Å²) in [5, 5.41) is 13.6. The van der Waals surface area contributed by atoms with E-state index in [-0.39, 0.29) is 24.6 Å². The van der Waals surface area contributed by atoms with Crippen molar-refractivity contribution in [3.8, 4) is 0 Å². The van der Waals surface area contributed by atoms with E-state index in [0.29, 0.717) is 17.1 Å². The molecule has 0 bridgehead atoms. The van der Waals surface area contributed by atoms with E-state index in [1.807, 2.05) is 0 Å². The van der Waals surface area contributed by atoms with Gasteiger partial charge in [-0.05, 0) is 13.0 Å². The lowest BCUT2D eigenvalue weighted by Gasteiger charge is -2.06. The van der Waals surface area contributed by atoms with Gasteiger partial charge in [0.05, 0.1) is 23.6 Å². The summed E-state index contributed by atoms with van der Waals surface area (Å²) in [5.41, 5.74) is 1.03. The number of nitro groups is 1. The molecule has 2 rings (SSSR count). The number of carbonyl (C=O) groups excluding carboxylic acids is 1. The number of hydrogen-bond acceptors (Lipinski definition) is 5. The summed E-state index contributed by atoms with van der Waals surface area (Å²) in [5.74, 6) is 0.334. The first-order chi connectivity index (χ1) is 10.1. The van der Waals surface area contributed by atoms with Gasteiger partial charge in [-0.3, -0.25) is 14.9 Å². The molecule has 1 amide bonds. The van der Waals surface area contributed by atoms with Crippen LogP contribution in [0, 0.1) is 17.0 Å². The summed E-state index contributed by atoms with van der Waals surface area (Å²) in [6.07, 6.45) is 1.58. The van der Waals surface area contributed by atoms with Crippen LogP contribution in [-0.4, -0.2) is 20.8 Å². The number of para-hydroxylation sites is 1. The zero-order chi connectivity index (χ0) is 15.2. The Labute approximate surface area is 121 Å². The van der Waals surface area contributed by atoms with E-state index in [1.54, 1.807) is 37.4 Å². The third-order valence-electron chi connectivity index (χ3n) is 2.84. The number of aromatic nitrogens is 2. The van der Waals surface area contributed by atoms with Crippen LogP contribution in [0.3, 0.4) is 0 Å². The Morgan fingerprint density at radius 2 is 2.10 bits per heavy atom. The van der Waals surface area contributed by atoms with E-state index in [4.69, 9.17) is 0 Å². The largest absolute Gasteiger partial charge is 0.350 e. The third kappa shape index (κ3) is 4.07. The fourth-order valence-corrected chi connectivity index (χ4v) is 1.87. The van der Waals surface area contributed by atoms with Crippen molar-refractivity contribution in [3.05, 3.63) is 63.7 Å².